The van der Waals surface area contributed by atoms with Gasteiger partial charge in [0.1, 0.15) is 6.29 Å². The Kier molecular flexibility index (Phi) is 3.94. The average Bonchev–Trinajstić information content (AvgIpc) is 2.40. The highest BCUT2D eigenvalue weighted by Gasteiger charge is 2.16. The van der Waals surface area contributed by atoms with Crippen molar-refractivity contribution in [3.8, 4) is 0 Å². The molecular weight excluding hydrogens is 212 g/mol. The lowest BCUT2D eigenvalue weighted by molar-refractivity contribution is -0.108. The molecule has 1 aromatic carbocycles. The van der Waals surface area contributed by atoms with E-state index in [2.05, 4.69) is 40.6 Å². The van der Waals surface area contributed by atoms with Crippen LogP contribution in [0, 0.1) is 0 Å². The van der Waals surface area contributed by atoms with Crippen LogP contribution in [0.5, 0.6) is 0 Å². The number of aldehydes is 1. The third-order valence-corrected chi connectivity index (χ3v) is 3.20. The fourth-order valence-electron chi connectivity index (χ4n) is 2.12. The smallest absolute Gasteiger partial charge is 0.133 e. The second-order valence-electron chi connectivity index (χ2n) is 4.25. The van der Waals surface area contributed by atoms with E-state index >= 15 is 0 Å². The zero-order valence-electron chi connectivity index (χ0n) is 10.0. The third kappa shape index (κ3) is 2.94. The molecule has 0 spiro atoms. The van der Waals surface area contributed by atoms with Gasteiger partial charge in [0.05, 0.1) is 6.54 Å². The van der Waals surface area contributed by atoms with Gasteiger partial charge in [0.25, 0.3) is 0 Å². The molecule has 0 saturated carbocycles. The van der Waals surface area contributed by atoms with Crippen LogP contribution in [0.4, 0.5) is 5.69 Å². The van der Waals surface area contributed by atoms with E-state index in [-0.39, 0.29) is 0 Å². The fourth-order valence-corrected chi connectivity index (χ4v) is 2.12. The van der Waals surface area contributed by atoms with Crippen LogP contribution >= 0.6 is 0 Å². The van der Waals surface area contributed by atoms with Gasteiger partial charge in [-0.05, 0) is 17.7 Å². The molecule has 3 nitrogen and oxygen atoms in total. The monoisotopic (exact) mass is 230 g/mol. The second-order valence-corrected chi connectivity index (χ2v) is 4.25. The van der Waals surface area contributed by atoms with Crippen LogP contribution < -0.4 is 4.90 Å². The molecule has 3 heteroatoms. The number of nitrogens with zero attached hydrogens (tertiary/aromatic N) is 2. The molecule has 0 N–H and O–H groups in total. The molecule has 0 unspecified atom stereocenters. The summed E-state index contributed by atoms with van der Waals surface area (Å²) in [5.74, 6) is 0. The van der Waals surface area contributed by atoms with Gasteiger partial charge in [-0.1, -0.05) is 24.8 Å². The van der Waals surface area contributed by atoms with Crippen LogP contribution in [0.3, 0.4) is 0 Å². The molecule has 0 bridgehead atoms. The summed E-state index contributed by atoms with van der Waals surface area (Å²) < 4.78 is 0. The number of anilines is 1. The number of hydrogen-bond acceptors (Lipinski definition) is 3. The molecule has 0 aromatic heterocycles. The first-order chi connectivity index (χ1) is 8.33. The molecular formula is C14H18N2O. The predicted octanol–water partition coefficient (Wildman–Crippen LogP) is 1.65. The standard InChI is InChI=1S/C14H18N2O/c1-2-13-3-5-14(6-4-13)16-9-7-15(8-10-16)11-12-17/h2-6,12H,1,7-11H2. The summed E-state index contributed by atoms with van der Waals surface area (Å²) in [5, 5.41) is 0. The van der Waals surface area contributed by atoms with Crippen LogP contribution in [0.15, 0.2) is 30.8 Å². The predicted molar refractivity (Wildman–Crippen MR) is 71.3 cm³/mol. The molecule has 0 radical (unpaired) electrons. The second kappa shape index (κ2) is 5.64. The summed E-state index contributed by atoms with van der Waals surface area (Å²) in [5.41, 5.74) is 2.40. The van der Waals surface area contributed by atoms with Crippen molar-refractivity contribution >= 4 is 18.0 Å². The summed E-state index contributed by atoms with van der Waals surface area (Å²) in [4.78, 5) is 15.0. The highest BCUT2D eigenvalue weighted by atomic mass is 16.1. The number of hydrogen-bond donors (Lipinski definition) is 0. The fraction of sp³-hybridized carbons (Fsp3) is 0.357. The van der Waals surface area contributed by atoms with Gasteiger partial charge in [0, 0.05) is 31.9 Å². The highest BCUT2D eigenvalue weighted by Crippen LogP contribution is 2.17. The van der Waals surface area contributed by atoms with Crippen LogP contribution in [-0.4, -0.2) is 43.9 Å². The van der Waals surface area contributed by atoms with Crippen LogP contribution in [0.25, 0.3) is 6.08 Å². The minimum Gasteiger partial charge on any atom is -0.369 e. The molecule has 1 heterocycles. The SMILES string of the molecule is C=Cc1ccc(N2CCN(CC=O)CC2)cc1. The van der Waals surface area contributed by atoms with E-state index in [0.717, 1.165) is 38.0 Å². The number of carbonyl (C=O) groups excluding carboxylic acids is 1. The lowest BCUT2D eigenvalue weighted by Gasteiger charge is -2.35. The first-order valence-electron chi connectivity index (χ1n) is 5.97. The number of carbonyl (C=O) groups is 1. The van der Waals surface area contributed by atoms with Crippen molar-refractivity contribution in [2.24, 2.45) is 0 Å². The maximum Gasteiger partial charge on any atom is 0.133 e. The Morgan fingerprint density at radius 3 is 2.29 bits per heavy atom. The normalized spacial score (nSPS) is 16.8. The zero-order valence-corrected chi connectivity index (χ0v) is 10.0. The Morgan fingerprint density at radius 2 is 1.76 bits per heavy atom. The van der Waals surface area contributed by atoms with Crippen molar-refractivity contribution in [3.05, 3.63) is 36.4 Å². The van der Waals surface area contributed by atoms with Gasteiger partial charge in [-0.2, -0.15) is 0 Å². The lowest BCUT2D eigenvalue weighted by Crippen LogP contribution is -2.46. The number of rotatable bonds is 4. The van der Waals surface area contributed by atoms with Crippen molar-refractivity contribution in [1.29, 1.82) is 0 Å². The van der Waals surface area contributed by atoms with Crippen LogP contribution in [0.1, 0.15) is 5.56 Å². The van der Waals surface area contributed by atoms with Crippen molar-refractivity contribution in [2.45, 2.75) is 0 Å². The summed E-state index contributed by atoms with van der Waals surface area (Å²) in [6, 6.07) is 8.43. The molecule has 1 fully saturated rings. The lowest BCUT2D eigenvalue weighted by atomic mass is 10.2. The Hall–Kier alpha value is -1.61. The summed E-state index contributed by atoms with van der Waals surface area (Å²) >= 11 is 0. The van der Waals surface area contributed by atoms with Gasteiger partial charge >= 0.3 is 0 Å². The van der Waals surface area contributed by atoms with Gasteiger partial charge < -0.3 is 9.69 Å². The highest BCUT2D eigenvalue weighted by molar-refractivity contribution is 5.55. The van der Waals surface area contributed by atoms with Gasteiger partial charge in [0.15, 0.2) is 0 Å². The van der Waals surface area contributed by atoms with E-state index in [0.29, 0.717) is 6.54 Å². The molecule has 90 valence electrons. The van der Waals surface area contributed by atoms with E-state index in [1.165, 1.54) is 5.69 Å². The maximum absolute atomic E-state index is 10.4. The number of piperazine rings is 1. The van der Waals surface area contributed by atoms with Crippen molar-refractivity contribution in [1.82, 2.24) is 4.90 Å². The summed E-state index contributed by atoms with van der Waals surface area (Å²) in [6.45, 7) is 8.20. The van der Waals surface area contributed by atoms with Gasteiger partial charge in [0.2, 0.25) is 0 Å². The molecule has 1 aliphatic rings. The van der Waals surface area contributed by atoms with E-state index in [1.54, 1.807) is 0 Å². The van der Waals surface area contributed by atoms with Gasteiger partial charge in [-0.15, -0.1) is 0 Å². The maximum atomic E-state index is 10.4. The van der Waals surface area contributed by atoms with Gasteiger partial charge in [-0.3, -0.25) is 4.90 Å². The molecule has 0 amide bonds. The van der Waals surface area contributed by atoms with E-state index in [9.17, 15) is 4.79 Å². The topological polar surface area (TPSA) is 23.6 Å². The average molecular weight is 230 g/mol. The van der Waals surface area contributed by atoms with Crippen LogP contribution in [0.2, 0.25) is 0 Å². The third-order valence-electron chi connectivity index (χ3n) is 3.20. The molecule has 1 aliphatic heterocycles. The first-order valence-corrected chi connectivity index (χ1v) is 5.97. The molecule has 0 aliphatic carbocycles. The summed E-state index contributed by atoms with van der Waals surface area (Å²) in [7, 11) is 0. The van der Waals surface area contributed by atoms with Crippen LogP contribution in [-0.2, 0) is 4.79 Å². The molecule has 1 aromatic rings. The van der Waals surface area contributed by atoms with Crippen molar-refractivity contribution in [2.75, 3.05) is 37.6 Å². The van der Waals surface area contributed by atoms with Crippen molar-refractivity contribution < 1.29 is 4.79 Å². The van der Waals surface area contributed by atoms with E-state index in [4.69, 9.17) is 0 Å². The molecule has 17 heavy (non-hydrogen) atoms. The van der Waals surface area contributed by atoms with Crippen molar-refractivity contribution in [3.63, 3.8) is 0 Å². The number of benzene rings is 1. The Labute approximate surface area is 102 Å². The molecule has 1 saturated heterocycles. The molecule has 0 atom stereocenters. The zero-order chi connectivity index (χ0) is 12.1. The van der Waals surface area contributed by atoms with Gasteiger partial charge in [-0.25, -0.2) is 0 Å². The first kappa shape index (κ1) is 11.9. The Balaban J connectivity index is 1.95. The van der Waals surface area contributed by atoms with E-state index in [1.807, 2.05) is 6.08 Å². The minimum absolute atomic E-state index is 0.559. The quantitative estimate of drug-likeness (QED) is 0.735. The minimum atomic E-state index is 0.559. The molecule has 2 rings (SSSR count). The van der Waals surface area contributed by atoms with E-state index < -0.39 is 0 Å². The summed E-state index contributed by atoms with van der Waals surface area (Å²) in [6.07, 6.45) is 2.83. The Bertz CT molecular complexity index is 378. The Morgan fingerprint density at radius 1 is 1.12 bits per heavy atom. The largest absolute Gasteiger partial charge is 0.369 e.